The predicted molar refractivity (Wildman–Crippen MR) is 80.4 cm³/mol. The minimum Gasteiger partial charge on any atom is -0.357 e. The van der Waals surface area contributed by atoms with Crippen LogP contribution in [0.5, 0.6) is 0 Å². The van der Waals surface area contributed by atoms with Crippen LogP contribution >= 0.6 is 15.9 Å². The summed E-state index contributed by atoms with van der Waals surface area (Å²) in [6, 6.07) is 5.67. The van der Waals surface area contributed by atoms with Crippen molar-refractivity contribution in [2.75, 3.05) is 17.7 Å². The Kier molecular flexibility index (Phi) is 4.14. The largest absolute Gasteiger partial charge is 0.357 e. The second kappa shape index (κ2) is 5.83. The Morgan fingerprint density at radius 2 is 2.15 bits per heavy atom. The van der Waals surface area contributed by atoms with E-state index in [9.17, 15) is 10.1 Å². The number of rotatable bonds is 4. The Bertz CT molecular complexity index is 662. The molecule has 0 bridgehead atoms. The molecule has 0 aliphatic rings. The third-order valence-electron chi connectivity index (χ3n) is 2.56. The Labute approximate surface area is 123 Å². The zero-order valence-electron chi connectivity index (χ0n) is 10.8. The predicted octanol–water partition coefficient (Wildman–Crippen LogP) is 3.24. The molecule has 20 heavy (non-hydrogen) atoms. The summed E-state index contributed by atoms with van der Waals surface area (Å²) in [4.78, 5) is 18.4. The number of hydrogen-bond donors (Lipinski definition) is 2. The molecule has 0 fully saturated rings. The summed E-state index contributed by atoms with van der Waals surface area (Å²) < 4.78 is 0.794. The number of anilines is 3. The molecule has 0 unspecified atom stereocenters. The smallest absolute Gasteiger partial charge is 0.329 e. The minimum atomic E-state index is -0.522. The quantitative estimate of drug-likeness (QED) is 0.657. The van der Waals surface area contributed by atoms with Crippen LogP contribution in [0.1, 0.15) is 5.56 Å². The molecule has 1 aromatic heterocycles. The van der Waals surface area contributed by atoms with Crippen molar-refractivity contribution < 1.29 is 4.92 Å². The minimum absolute atomic E-state index is 0.139. The lowest BCUT2D eigenvalue weighted by atomic mass is 10.2. The summed E-state index contributed by atoms with van der Waals surface area (Å²) in [6.45, 7) is 1.94. The van der Waals surface area contributed by atoms with Crippen molar-refractivity contribution in [3.63, 3.8) is 0 Å². The number of nitrogens with zero attached hydrogens (tertiary/aromatic N) is 3. The van der Waals surface area contributed by atoms with Crippen LogP contribution in [0.25, 0.3) is 0 Å². The van der Waals surface area contributed by atoms with Gasteiger partial charge in [-0.15, -0.1) is 0 Å². The number of aromatic nitrogens is 2. The van der Waals surface area contributed by atoms with Gasteiger partial charge in [0.05, 0.1) is 10.6 Å². The number of hydrogen-bond acceptors (Lipinski definition) is 6. The number of nitrogens with one attached hydrogen (secondary N) is 2. The van der Waals surface area contributed by atoms with E-state index in [0.717, 1.165) is 10.0 Å². The van der Waals surface area contributed by atoms with E-state index in [-0.39, 0.29) is 11.5 Å². The van der Waals surface area contributed by atoms with Gasteiger partial charge in [0, 0.05) is 11.5 Å². The molecule has 2 aromatic rings. The average Bonchev–Trinajstić information content (AvgIpc) is 2.42. The van der Waals surface area contributed by atoms with Crippen LogP contribution in [0.4, 0.5) is 23.1 Å². The Hall–Kier alpha value is -2.22. The fraction of sp³-hybridized carbons (Fsp3) is 0.167. The first-order valence-corrected chi connectivity index (χ1v) is 6.53. The summed E-state index contributed by atoms with van der Waals surface area (Å²) >= 11 is 3.39. The van der Waals surface area contributed by atoms with Gasteiger partial charge in [0.1, 0.15) is 6.20 Å². The van der Waals surface area contributed by atoms with Gasteiger partial charge in [-0.05, 0) is 40.5 Å². The zero-order valence-corrected chi connectivity index (χ0v) is 12.4. The van der Waals surface area contributed by atoms with Crippen molar-refractivity contribution in [3.05, 3.63) is 44.5 Å². The summed E-state index contributed by atoms with van der Waals surface area (Å²) in [5, 5.41) is 16.7. The van der Waals surface area contributed by atoms with E-state index in [1.54, 1.807) is 7.05 Å². The third-order valence-corrected chi connectivity index (χ3v) is 3.26. The second-order valence-corrected chi connectivity index (χ2v) is 4.90. The molecule has 8 heteroatoms. The van der Waals surface area contributed by atoms with Gasteiger partial charge in [0.2, 0.25) is 11.8 Å². The van der Waals surface area contributed by atoms with Gasteiger partial charge in [0.15, 0.2) is 0 Å². The maximum Gasteiger partial charge on any atom is 0.329 e. The first kappa shape index (κ1) is 14.2. The highest BCUT2D eigenvalue weighted by Gasteiger charge is 2.18. The van der Waals surface area contributed by atoms with Gasteiger partial charge in [-0.2, -0.15) is 4.98 Å². The van der Waals surface area contributed by atoms with Crippen molar-refractivity contribution >= 4 is 39.1 Å². The van der Waals surface area contributed by atoms with E-state index < -0.39 is 4.92 Å². The van der Waals surface area contributed by atoms with E-state index in [2.05, 4.69) is 36.5 Å². The van der Waals surface area contributed by atoms with Crippen LogP contribution < -0.4 is 10.6 Å². The molecule has 1 heterocycles. The lowest BCUT2D eigenvalue weighted by molar-refractivity contribution is -0.384. The summed E-state index contributed by atoms with van der Waals surface area (Å²) in [7, 11) is 1.65. The lowest BCUT2D eigenvalue weighted by Gasteiger charge is -2.10. The van der Waals surface area contributed by atoms with Crippen LogP contribution in [0.15, 0.2) is 28.9 Å². The van der Waals surface area contributed by atoms with Gasteiger partial charge in [-0.1, -0.05) is 6.07 Å². The van der Waals surface area contributed by atoms with Gasteiger partial charge in [-0.25, -0.2) is 4.98 Å². The monoisotopic (exact) mass is 337 g/mol. The molecule has 0 atom stereocenters. The molecule has 0 spiro atoms. The van der Waals surface area contributed by atoms with Crippen molar-refractivity contribution in [1.29, 1.82) is 0 Å². The molecule has 104 valence electrons. The van der Waals surface area contributed by atoms with E-state index in [1.807, 2.05) is 25.1 Å². The first-order chi connectivity index (χ1) is 9.51. The van der Waals surface area contributed by atoms with E-state index >= 15 is 0 Å². The summed E-state index contributed by atoms with van der Waals surface area (Å²) in [5.41, 5.74) is 1.55. The maximum absolute atomic E-state index is 11.0. The molecular weight excluding hydrogens is 326 g/mol. The van der Waals surface area contributed by atoms with Gasteiger partial charge < -0.3 is 10.6 Å². The molecule has 0 radical (unpaired) electrons. The van der Waals surface area contributed by atoms with E-state index in [0.29, 0.717) is 11.6 Å². The Morgan fingerprint density at radius 1 is 1.40 bits per heavy atom. The molecule has 0 aliphatic carbocycles. The van der Waals surface area contributed by atoms with Crippen LogP contribution in [-0.4, -0.2) is 21.9 Å². The number of aryl methyl sites for hydroxylation is 1. The van der Waals surface area contributed by atoms with E-state index in [1.165, 1.54) is 6.20 Å². The van der Waals surface area contributed by atoms with Crippen LogP contribution in [-0.2, 0) is 0 Å². The molecule has 2 rings (SSSR count). The van der Waals surface area contributed by atoms with Gasteiger partial charge in [0.25, 0.3) is 0 Å². The number of benzene rings is 1. The zero-order chi connectivity index (χ0) is 14.7. The molecular formula is C12H12BrN5O2. The molecule has 0 saturated carbocycles. The molecule has 1 aromatic carbocycles. The fourth-order valence-electron chi connectivity index (χ4n) is 1.58. The molecule has 2 N–H and O–H groups in total. The summed E-state index contributed by atoms with van der Waals surface area (Å²) in [5.74, 6) is 0.447. The normalized spacial score (nSPS) is 10.2. The van der Waals surface area contributed by atoms with Crippen molar-refractivity contribution in [1.82, 2.24) is 9.97 Å². The maximum atomic E-state index is 11.0. The fourth-order valence-corrected chi connectivity index (χ4v) is 1.93. The highest BCUT2D eigenvalue weighted by Crippen LogP contribution is 2.30. The number of nitro groups is 1. The first-order valence-electron chi connectivity index (χ1n) is 5.73. The van der Waals surface area contributed by atoms with E-state index in [4.69, 9.17) is 0 Å². The van der Waals surface area contributed by atoms with Crippen molar-refractivity contribution in [2.24, 2.45) is 0 Å². The highest BCUT2D eigenvalue weighted by atomic mass is 79.9. The van der Waals surface area contributed by atoms with Crippen LogP contribution in [0, 0.1) is 17.0 Å². The lowest BCUT2D eigenvalue weighted by Crippen LogP contribution is -2.04. The Balaban J connectivity index is 2.45. The van der Waals surface area contributed by atoms with Gasteiger partial charge >= 0.3 is 5.69 Å². The Morgan fingerprint density at radius 3 is 2.80 bits per heavy atom. The SMILES string of the molecule is CNc1ncc([N+](=O)[O-])c(Nc2cc(C)ccc2Br)n1. The van der Waals surface area contributed by atoms with Crippen LogP contribution in [0.3, 0.4) is 0 Å². The summed E-state index contributed by atoms with van der Waals surface area (Å²) in [6.07, 6.45) is 1.17. The average molecular weight is 338 g/mol. The third kappa shape index (κ3) is 3.02. The molecule has 0 aliphatic heterocycles. The van der Waals surface area contributed by atoms with Crippen LogP contribution in [0.2, 0.25) is 0 Å². The number of halogens is 1. The molecule has 0 saturated heterocycles. The molecule has 0 amide bonds. The topological polar surface area (TPSA) is 93.0 Å². The standard InChI is InChI=1S/C12H12BrN5O2/c1-7-3-4-8(13)9(5-7)16-11-10(18(19)20)6-15-12(14-2)17-11/h3-6H,1-2H3,(H2,14,15,16,17). The highest BCUT2D eigenvalue weighted by molar-refractivity contribution is 9.10. The molecule has 7 nitrogen and oxygen atoms in total. The van der Waals surface area contributed by atoms with Crippen molar-refractivity contribution in [2.45, 2.75) is 6.92 Å². The van der Waals surface area contributed by atoms with Gasteiger partial charge in [-0.3, -0.25) is 10.1 Å². The second-order valence-electron chi connectivity index (χ2n) is 4.04. The van der Waals surface area contributed by atoms with Crippen molar-refractivity contribution in [3.8, 4) is 0 Å².